The van der Waals surface area contributed by atoms with E-state index >= 15 is 0 Å². The van der Waals surface area contributed by atoms with E-state index in [0.29, 0.717) is 16.5 Å². The second-order valence-corrected chi connectivity index (χ2v) is 7.02. The van der Waals surface area contributed by atoms with Crippen molar-refractivity contribution >= 4 is 33.4 Å². The number of aromatic nitrogens is 2. The van der Waals surface area contributed by atoms with Gasteiger partial charge in [-0.25, -0.2) is 4.68 Å². The fourth-order valence-corrected chi connectivity index (χ4v) is 3.11. The van der Waals surface area contributed by atoms with Crippen LogP contribution in [0.3, 0.4) is 0 Å². The summed E-state index contributed by atoms with van der Waals surface area (Å²) in [4.78, 5) is 12.4. The Bertz CT molecular complexity index is 899. The van der Waals surface area contributed by atoms with Crippen LogP contribution in [0.25, 0.3) is 0 Å². The smallest absolute Gasteiger partial charge is 0.272 e. The van der Waals surface area contributed by atoms with Crippen molar-refractivity contribution in [3.05, 3.63) is 81.5 Å². The number of amides is 1. The lowest BCUT2D eigenvalue weighted by atomic mass is 10.1. The van der Waals surface area contributed by atoms with E-state index in [9.17, 15) is 4.79 Å². The van der Waals surface area contributed by atoms with E-state index in [-0.39, 0.29) is 18.7 Å². The molecular formula is C19H17BrClN3O2. The summed E-state index contributed by atoms with van der Waals surface area (Å²) in [5.41, 5.74) is 1.37. The molecule has 26 heavy (non-hydrogen) atoms. The summed E-state index contributed by atoms with van der Waals surface area (Å²) in [7, 11) is 0. The van der Waals surface area contributed by atoms with Gasteiger partial charge in [0.15, 0.2) is 6.73 Å². The summed E-state index contributed by atoms with van der Waals surface area (Å²) >= 11 is 9.46. The Hall–Kier alpha value is -2.31. The first-order valence-electron chi connectivity index (χ1n) is 8.00. The molecule has 0 aliphatic rings. The number of rotatable bonds is 6. The average molecular weight is 435 g/mol. The first-order chi connectivity index (χ1) is 12.5. The Morgan fingerprint density at radius 3 is 2.77 bits per heavy atom. The molecule has 0 saturated carbocycles. The van der Waals surface area contributed by atoms with E-state index in [0.717, 1.165) is 10.0 Å². The zero-order chi connectivity index (χ0) is 18.5. The predicted molar refractivity (Wildman–Crippen MR) is 104 cm³/mol. The van der Waals surface area contributed by atoms with Gasteiger partial charge in [0.25, 0.3) is 5.91 Å². The molecule has 3 aromatic rings. The SMILES string of the molecule is CC(NC(=O)c1ccn(COc2ccc(Br)cc2Cl)n1)c1ccccc1. The van der Waals surface area contributed by atoms with Crippen molar-refractivity contribution in [2.75, 3.05) is 0 Å². The molecule has 0 aliphatic carbocycles. The lowest BCUT2D eigenvalue weighted by Crippen LogP contribution is -2.27. The van der Waals surface area contributed by atoms with Crippen LogP contribution in [0.4, 0.5) is 0 Å². The number of nitrogens with one attached hydrogen (secondary N) is 1. The number of benzene rings is 2. The molecule has 1 heterocycles. The van der Waals surface area contributed by atoms with Crippen LogP contribution in [0.5, 0.6) is 5.75 Å². The van der Waals surface area contributed by atoms with Crippen molar-refractivity contribution in [2.45, 2.75) is 19.7 Å². The molecule has 5 nitrogen and oxygen atoms in total. The van der Waals surface area contributed by atoms with Gasteiger partial charge in [-0.05, 0) is 36.8 Å². The molecule has 0 spiro atoms. The van der Waals surface area contributed by atoms with Crippen LogP contribution >= 0.6 is 27.5 Å². The fraction of sp³-hybridized carbons (Fsp3) is 0.158. The number of hydrogen-bond acceptors (Lipinski definition) is 3. The number of carbonyl (C=O) groups excluding carboxylic acids is 1. The van der Waals surface area contributed by atoms with E-state index in [4.69, 9.17) is 16.3 Å². The molecule has 1 N–H and O–H groups in total. The summed E-state index contributed by atoms with van der Waals surface area (Å²) in [6.07, 6.45) is 1.69. The average Bonchev–Trinajstić information content (AvgIpc) is 3.11. The molecule has 0 aliphatic heterocycles. The van der Waals surface area contributed by atoms with Gasteiger partial charge < -0.3 is 10.1 Å². The third-order valence-corrected chi connectivity index (χ3v) is 4.56. The molecular weight excluding hydrogens is 418 g/mol. The number of nitrogens with zero attached hydrogens (tertiary/aromatic N) is 2. The first-order valence-corrected chi connectivity index (χ1v) is 9.17. The van der Waals surface area contributed by atoms with Crippen molar-refractivity contribution in [1.82, 2.24) is 15.1 Å². The summed E-state index contributed by atoms with van der Waals surface area (Å²) < 4.78 is 8.05. The van der Waals surface area contributed by atoms with Crippen LogP contribution in [0.15, 0.2) is 65.3 Å². The molecule has 0 saturated heterocycles. The summed E-state index contributed by atoms with van der Waals surface area (Å²) in [5, 5.41) is 7.68. The Morgan fingerprint density at radius 1 is 1.27 bits per heavy atom. The second-order valence-electron chi connectivity index (χ2n) is 5.69. The van der Waals surface area contributed by atoms with Gasteiger partial charge in [0, 0.05) is 10.7 Å². The number of hydrogen-bond donors (Lipinski definition) is 1. The molecule has 1 aromatic heterocycles. The van der Waals surface area contributed by atoms with E-state index in [2.05, 4.69) is 26.3 Å². The van der Waals surface area contributed by atoms with Crippen molar-refractivity contribution in [3.63, 3.8) is 0 Å². The van der Waals surface area contributed by atoms with Gasteiger partial charge in [-0.2, -0.15) is 5.10 Å². The quantitative estimate of drug-likeness (QED) is 0.605. The molecule has 134 valence electrons. The Balaban J connectivity index is 1.59. The molecule has 0 fully saturated rings. The number of carbonyl (C=O) groups is 1. The standard InChI is InChI=1S/C19H17BrClN3O2/c1-13(14-5-3-2-4-6-14)22-19(25)17-9-10-24(23-17)12-26-18-8-7-15(20)11-16(18)21/h2-11,13H,12H2,1H3,(H,22,25). The van der Waals surface area contributed by atoms with E-state index < -0.39 is 0 Å². The Labute approximate surface area is 165 Å². The molecule has 1 unspecified atom stereocenters. The van der Waals surface area contributed by atoms with Crippen LogP contribution in [0, 0.1) is 0 Å². The van der Waals surface area contributed by atoms with Crippen LogP contribution in [-0.4, -0.2) is 15.7 Å². The topological polar surface area (TPSA) is 56.2 Å². The number of ether oxygens (including phenoxy) is 1. The molecule has 3 rings (SSSR count). The zero-order valence-corrected chi connectivity index (χ0v) is 16.4. The van der Waals surface area contributed by atoms with Gasteiger partial charge in [0.05, 0.1) is 11.1 Å². The third-order valence-electron chi connectivity index (χ3n) is 3.77. The maximum Gasteiger partial charge on any atom is 0.272 e. The van der Waals surface area contributed by atoms with Gasteiger partial charge in [0.1, 0.15) is 11.4 Å². The predicted octanol–water partition coefficient (Wildman–Crippen LogP) is 4.83. The molecule has 2 aromatic carbocycles. The van der Waals surface area contributed by atoms with Crippen LogP contribution in [0.1, 0.15) is 29.0 Å². The largest absolute Gasteiger partial charge is 0.470 e. The highest BCUT2D eigenvalue weighted by Crippen LogP contribution is 2.27. The fourth-order valence-electron chi connectivity index (χ4n) is 2.38. The summed E-state index contributed by atoms with van der Waals surface area (Å²) in [6, 6.07) is 16.7. The summed E-state index contributed by atoms with van der Waals surface area (Å²) in [6.45, 7) is 2.09. The van der Waals surface area contributed by atoms with Crippen molar-refractivity contribution in [3.8, 4) is 5.75 Å². The second kappa shape index (κ2) is 8.38. The Kier molecular flexibility index (Phi) is 5.96. The minimum Gasteiger partial charge on any atom is -0.470 e. The maximum absolute atomic E-state index is 12.4. The first kappa shape index (κ1) is 18.5. The van der Waals surface area contributed by atoms with Crippen molar-refractivity contribution < 1.29 is 9.53 Å². The molecule has 7 heteroatoms. The third kappa shape index (κ3) is 4.65. The minimum atomic E-state index is -0.234. The summed E-state index contributed by atoms with van der Waals surface area (Å²) in [5.74, 6) is 0.316. The van der Waals surface area contributed by atoms with Crippen molar-refractivity contribution in [2.24, 2.45) is 0 Å². The zero-order valence-electron chi connectivity index (χ0n) is 14.0. The number of halogens is 2. The minimum absolute atomic E-state index is 0.105. The maximum atomic E-state index is 12.4. The van der Waals surface area contributed by atoms with E-state index in [1.165, 1.54) is 0 Å². The molecule has 0 radical (unpaired) electrons. The Morgan fingerprint density at radius 2 is 2.04 bits per heavy atom. The lowest BCUT2D eigenvalue weighted by Gasteiger charge is -2.13. The van der Waals surface area contributed by atoms with Crippen molar-refractivity contribution in [1.29, 1.82) is 0 Å². The van der Waals surface area contributed by atoms with Gasteiger partial charge in [-0.1, -0.05) is 57.9 Å². The molecule has 1 atom stereocenters. The highest BCUT2D eigenvalue weighted by Gasteiger charge is 2.14. The highest BCUT2D eigenvalue weighted by atomic mass is 79.9. The van der Waals surface area contributed by atoms with Crippen LogP contribution in [-0.2, 0) is 6.73 Å². The highest BCUT2D eigenvalue weighted by molar-refractivity contribution is 9.10. The van der Waals surface area contributed by atoms with Gasteiger partial charge >= 0.3 is 0 Å². The molecule has 0 bridgehead atoms. The van der Waals surface area contributed by atoms with E-state index in [1.54, 1.807) is 29.1 Å². The normalized spacial score (nSPS) is 11.8. The van der Waals surface area contributed by atoms with Gasteiger partial charge in [-0.15, -0.1) is 0 Å². The molecule has 1 amide bonds. The van der Waals surface area contributed by atoms with Crippen LogP contribution < -0.4 is 10.1 Å². The monoisotopic (exact) mass is 433 g/mol. The van der Waals surface area contributed by atoms with Gasteiger partial charge in [-0.3, -0.25) is 4.79 Å². The van der Waals surface area contributed by atoms with Crippen LogP contribution in [0.2, 0.25) is 5.02 Å². The van der Waals surface area contributed by atoms with Gasteiger partial charge in [0.2, 0.25) is 0 Å². The lowest BCUT2D eigenvalue weighted by molar-refractivity contribution is 0.0932. The van der Waals surface area contributed by atoms with E-state index in [1.807, 2.05) is 43.3 Å².